The quantitative estimate of drug-likeness (QED) is 0.654. The number of carbonyl (C=O) groups is 1. The van der Waals surface area contributed by atoms with Gasteiger partial charge in [0.05, 0.1) is 6.54 Å². The van der Waals surface area contributed by atoms with E-state index in [9.17, 15) is 4.79 Å². The van der Waals surface area contributed by atoms with E-state index >= 15 is 0 Å². The Morgan fingerprint density at radius 1 is 1.44 bits per heavy atom. The molecule has 1 aliphatic rings. The molecule has 0 aromatic heterocycles. The Kier molecular flexibility index (Phi) is 6.09. The highest BCUT2D eigenvalue weighted by molar-refractivity contribution is 5.78. The summed E-state index contributed by atoms with van der Waals surface area (Å²) in [5.41, 5.74) is 5.82. The molecule has 0 spiro atoms. The highest BCUT2D eigenvalue weighted by Gasteiger charge is 2.30. The largest absolute Gasteiger partial charge is 0.355 e. The third-order valence-corrected chi connectivity index (χ3v) is 4.08. The molecule has 0 aromatic carbocycles. The topological polar surface area (TPSA) is 58.4 Å². The molecule has 0 bridgehead atoms. The van der Waals surface area contributed by atoms with Gasteiger partial charge in [-0.25, -0.2) is 0 Å². The molecule has 1 fully saturated rings. The minimum Gasteiger partial charge on any atom is -0.355 e. The summed E-state index contributed by atoms with van der Waals surface area (Å²) < 4.78 is 0. The minimum absolute atomic E-state index is 0.0626. The molecular formula is C14H29N3O. The molecule has 0 aromatic rings. The summed E-state index contributed by atoms with van der Waals surface area (Å²) in [5.74, 6) is 0.879. The van der Waals surface area contributed by atoms with Gasteiger partial charge in [-0.2, -0.15) is 0 Å². The molecule has 0 radical (unpaired) electrons. The lowest BCUT2D eigenvalue weighted by atomic mass is 9.96. The molecule has 1 atom stereocenters. The van der Waals surface area contributed by atoms with E-state index in [-0.39, 0.29) is 11.4 Å². The Morgan fingerprint density at radius 2 is 2.11 bits per heavy atom. The Hall–Kier alpha value is -0.610. The second-order valence-electron chi connectivity index (χ2n) is 5.72. The fourth-order valence-corrected chi connectivity index (χ4v) is 2.12. The summed E-state index contributed by atoms with van der Waals surface area (Å²) >= 11 is 0. The van der Waals surface area contributed by atoms with Gasteiger partial charge in [-0.15, -0.1) is 0 Å². The van der Waals surface area contributed by atoms with Crippen LogP contribution < -0.4 is 11.1 Å². The highest BCUT2D eigenvalue weighted by Crippen LogP contribution is 2.27. The van der Waals surface area contributed by atoms with Crippen molar-refractivity contribution in [1.29, 1.82) is 0 Å². The first-order valence-electron chi connectivity index (χ1n) is 7.27. The summed E-state index contributed by atoms with van der Waals surface area (Å²) in [6.07, 6.45) is 4.56. The first-order chi connectivity index (χ1) is 8.55. The fourth-order valence-electron chi connectivity index (χ4n) is 2.12. The number of nitrogens with one attached hydrogen (secondary N) is 1. The van der Waals surface area contributed by atoms with Gasteiger partial charge in [-0.3, -0.25) is 9.69 Å². The van der Waals surface area contributed by atoms with Gasteiger partial charge < -0.3 is 11.1 Å². The fraction of sp³-hybridized carbons (Fsp3) is 0.929. The van der Waals surface area contributed by atoms with E-state index in [1.54, 1.807) is 0 Å². The van der Waals surface area contributed by atoms with E-state index in [2.05, 4.69) is 31.0 Å². The number of rotatable bonds is 9. The third kappa shape index (κ3) is 4.58. The lowest BCUT2D eigenvalue weighted by Crippen LogP contribution is -2.54. The van der Waals surface area contributed by atoms with Gasteiger partial charge in [-0.1, -0.05) is 13.8 Å². The lowest BCUT2D eigenvalue weighted by molar-refractivity contribution is -0.123. The van der Waals surface area contributed by atoms with Gasteiger partial charge in [-0.05, 0) is 45.1 Å². The zero-order valence-electron chi connectivity index (χ0n) is 12.2. The molecule has 106 valence electrons. The van der Waals surface area contributed by atoms with Crippen LogP contribution in [0.25, 0.3) is 0 Å². The summed E-state index contributed by atoms with van der Waals surface area (Å²) in [6, 6.07) is 0. The van der Waals surface area contributed by atoms with Crippen LogP contribution in [0.5, 0.6) is 0 Å². The van der Waals surface area contributed by atoms with Crippen molar-refractivity contribution >= 4 is 5.91 Å². The standard InChI is InChI=1S/C14H29N3O/c1-4-8-17(14(3,5-2)11-15)10-13(18)16-9-12-6-7-12/h12H,4-11,15H2,1-3H3,(H,16,18). The van der Waals surface area contributed by atoms with Gasteiger partial charge in [0.15, 0.2) is 0 Å². The zero-order chi connectivity index (χ0) is 13.6. The Bertz CT molecular complexity index is 260. The lowest BCUT2D eigenvalue weighted by Gasteiger charge is -2.39. The van der Waals surface area contributed by atoms with E-state index in [1.807, 2.05) is 0 Å². The van der Waals surface area contributed by atoms with Crippen LogP contribution in [0, 0.1) is 5.92 Å². The van der Waals surface area contributed by atoms with Crippen LogP contribution in [-0.4, -0.2) is 42.5 Å². The predicted molar refractivity (Wildman–Crippen MR) is 75.3 cm³/mol. The Labute approximate surface area is 111 Å². The van der Waals surface area contributed by atoms with Gasteiger partial charge in [0.2, 0.25) is 5.91 Å². The zero-order valence-corrected chi connectivity index (χ0v) is 12.2. The van der Waals surface area contributed by atoms with E-state index < -0.39 is 0 Å². The third-order valence-electron chi connectivity index (χ3n) is 4.08. The molecule has 4 heteroatoms. The van der Waals surface area contributed by atoms with Crippen LogP contribution in [0.3, 0.4) is 0 Å². The first kappa shape index (κ1) is 15.4. The number of carbonyl (C=O) groups excluding carboxylic acids is 1. The Balaban J connectivity index is 2.46. The summed E-state index contributed by atoms with van der Waals surface area (Å²) in [5, 5.41) is 3.03. The van der Waals surface area contributed by atoms with Crippen molar-refractivity contribution in [3.05, 3.63) is 0 Å². The number of hydrogen-bond acceptors (Lipinski definition) is 3. The molecule has 0 heterocycles. The summed E-state index contributed by atoms with van der Waals surface area (Å²) in [7, 11) is 0. The number of hydrogen-bond donors (Lipinski definition) is 2. The average Bonchev–Trinajstić information content (AvgIpc) is 3.19. The molecular weight excluding hydrogens is 226 g/mol. The van der Waals surface area contributed by atoms with Crippen molar-refractivity contribution in [2.75, 3.05) is 26.2 Å². The number of nitrogens with two attached hydrogens (primary N) is 1. The van der Waals surface area contributed by atoms with Crippen molar-refractivity contribution < 1.29 is 4.79 Å². The normalized spacial score (nSPS) is 18.7. The average molecular weight is 255 g/mol. The molecule has 1 saturated carbocycles. The number of nitrogens with zero attached hydrogens (tertiary/aromatic N) is 1. The van der Waals surface area contributed by atoms with Crippen LogP contribution in [-0.2, 0) is 4.79 Å². The van der Waals surface area contributed by atoms with Crippen molar-refractivity contribution in [1.82, 2.24) is 10.2 Å². The van der Waals surface area contributed by atoms with Crippen molar-refractivity contribution in [2.45, 2.75) is 52.0 Å². The maximum absolute atomic E-state index is 11.9. The van der Waals surface area contributed by atoms with Crippen molar-refractivity contribution in [3.8, 4) is 0 Å². The maximum atomic E-state index is 11.9. The van der Waals surface area contributed by atoms with E-state index in [4.69, 9.17) is 5.73 Å². The monoisotopic (exact) mass is 255 g/mol. The number of amides is 1. The molecule has 18 heavy (non-hydrogen) atoms. The van der Waals surface area contributed by atoms with Crippen LogP contribution in [0.15, 0.2) is 0 Å². The van der Waals surface area contributed by atoms with E-state index in [0.29, 0.717) is 13.1 Å². The molecule has 0 aliphatic heterocycles. The van der Waals surface area contributed by atoms with Crippen LogP contribution in [0.2, 0.25) is 0 Å². The van der Waals surface area contributed by atoms with Gasteiger partial charge in [0, 0.05) is 18.6 Å². The van der Waals surface area contributed by atoms with Gasteiger partial charge in [0.25, 0.3) is 0 Å². The maximum Gasteiger partial charge on any atom is 0.234 e. The Morgan fingerprint density at radius 3 is 2.56 bits per heavy atom. The smallest absolute Gasteiger partial charge is 0.234 e. The summed E-state index contributed by atoms with van der Waals surface area (Å²) in [6.45, 7) is 9.28. The van der Waals surface area contributed by atoms with Crippen LogP contribution >= 0.6 is 0 Å². The molecule has 3 N–H and O–H groups in total. The molecule has 1 unspecified atom stereocenters. The first-order valence-corrected chi connectivity index (χ1v) is 7.27. The van der Waals surface area contributed by atoms with Crippen LogP contribution in [0.1, 0.15) is 46.5 Å². The minimum atomic E-state index is -0.0626. The van der Waals surface area contributed by atoms with E-state index in [0.717, 1.165) is 31.8 Å². The summed E-state index contributed by atoms with van der Waals surface area (Å²) in [4.78, 5) is 14.2. The predicted octanol–water partition coefficient (Wildman–Crippen LogP) is 1.35. The van der Waals surface area contributed by atoms with Crippen LogP contribution in [0.4, 0.5) is 0 Å². The molecule has 1 amide bonds. The van der Waals surface area contributed by atoms with Gasteiger partial charge >= 0.3 is 0 Å². The SMILES string of the molecule is CCCN(CC(=O)NCC1CC1)C(C)(CC)CN. The molecule has 1 aliphatic carbocycles. The van der Waals surface area contributed by atoms with E-state index in [1.165, 1.54) is 12.8 Å². The van der Waals surface area contributed by atoms with Crippen molar-refractivity contribution in [3.63, 3.8) is 0 Å². The molecule has 1 rings (SSSR count). The van der Waals surface area contributed by atoms with Gasteiger partial charge in [0.1, 0.15) is 0 Å². The molecule has 0 saturated heterocycles. The highest BCUT2D eigenvalue weighted by atomic mass is 16.2. The second-order valence-corrected chi connectivity index (χ2v) is 5.72. The van der Waals surface area contributed by atoms with Crippen molar-refractivity contribution in [2.24, 2.45) is 11.7 Å². The molecule has 4 nitrogen and oxygen atoms in total. The second kappa shape index (κ2) is 7.10.